The van der Waals surface area contributed by atoms with Gasteiger partial charge in [-0.25, -0.2) is 0 Å². The molecule has 0 N–H and O–H groups in total. The van der Waals surface area contributed by atoms with Crippen LogP contribution in [0.4, 0.5) is 0 Å². The summed E-state index contributed by atoms with van der Waals surface area (Å²) in [6, 6.07) is 0. The Hall–Kier alpha value is -0.820. The standard InChI is InChI=1S/C10H14BrN5S/c1-6-9(11)8(16(4)14-6)5-17-10-13-12-7(2)15(10)3/h5H2,1-4H3. The maximum absolute atomic E-state index is 4.36. The lowest BCUT2D eigenvalue weighted by Crippen LogP contribution is -1.98. The van der Waals surface area contributed by atoms with Crippen molar-refractivity contribution in [2.45, 2.75) is 24.8 Å². The first-order valence-electron chi connectivity index (χ1n) is 5.17. The number of hydrogen-bond donors (Lipinski definition) is 0. The fourth-order valence-electron chi connectivity index (χ4n) is 1.48. The summed E-state index contributed by atoms with van der Waals surface area (Å²) in [4.78, 5) is 0. The van der Waals surface area contributed by atoms with E-state index >= 15 is 0 Å². The summed E-state index contributed by atoms with van der Waals surface area (Å²) in [5.41, 5.74) is 2.17. The third-order valence-corrected chi connectivity index (χ3v) is 4.72. The number of rotatable bonds is 3. The van der Waals surface area contributed by atoms with Crippen molar-refractivity contribution in [3.05, 3.63) is 21.7 Å². The Kier molecular flexibility index (Phi) is 3.58. The molecule has 0 atom stereocenters. The van der Waals surface area contributed by atoms with Crippen molar-refractivity contribution in [2.75, 3.05) is 0 Å². The number of halogens is 1. The third-order valence-electron chi connectivity index (χ3n) is 2.65. The molecule has 0 fully saturated rings. The minimum absolute atomic E-state index is 0.823. The largest absolute Gasteiger partial charge is 0.309 e. The van der Waals surface area contributed by atoms with Gasteiger partial charge in [0.05, 0.1) is 15.9 Å². The van der Waals surface area contributed by atoms with Crippen LogP contribution in [0.3, 0.4) is 0 Å². The molecule has 92 valence electrons. The molecule has 0 aliphatic heterocycles. The molecule has 0 bridgehead atoms. The normalized spacial score (nSPS) is 11.1. The Morgan fingerprint density at radius 2 is 1.94 bits per heavy atom. The van der Waals surface area contributed by atoms with Crippen LogP contribution in [0.1, 0.15) is 17.2 Å². The van der Waals surface area contributed by atoms with Gasteiger partial charge in [0.1, 0.15) is 5.82 Å². The molecule has 0 aliphatic rings. The third kappa shape index (κ3) is 2.40. The maximum atomic E-state index is 4.36. The second kappa shape index (κ2) is 4.81. The maximum Gasteiger partial charge on any atom is 0.191 e. The van der Waals surface area contributed by atoms with Gasteiger partial charge in [0.15, 0.2) is 5.16 Å². The smallest absolute Gasteiger partial charge is 0.191 e. The molecule has 0 aromatic carbocycles. The van der Waals surface area contributed by atoms with Crippen LogP contribution in [0, 0.1) is 13.8 Å². The molecule has 2 rings (SSSR count). The molecule has 17 heavy (non-hydrogen) atoms. The van der Waals surface area contributed by atoms with Crippen molar-refractivity contribution in [3.8, 4) is 0 Å². The highest BCUT2D eigenvalue weighted by Gasteiger charge is 2.13. The zero-order valence-corrected chi connectivity index (χ0v) is 12.6. The van der Waals surface area contributed by atoms with Gasteiger partial charge in [0, 0.05) is 19.8 Å². The van der Waals surface area contributed by atoms with E-state index in [-0.39, 0.29) is 0 Å². The van der Waals surface area contributed by atoms with Gasteiger partial charge in [-0.1, -0.05) is 11.8 Å². The van der Waals surface area contributed by atoms with Crippen molar-refractivity contribution in [1.82, 2.24) is 24.5 Å². The highest BCUT2D eigenvalue weighted by Crippen LogP contribution is 2.27. The molecule has 0 aliphatic carbocycles. The van der Waals surface area contributed by atoms with E-state index in [1.807, 2.05) is 37.2 Å². The molecule has 2 aromatic rings. The van der Waals surface area contributed by atoms with Gasteiger partial charge in [-0.15, -0.1) is 10.2 Å². The number of hydrogen-bond acceptors (Lipinski definition) is 4. The minimum atomic E-state index is 0.823. The van der Waals surface area contributed by atoms with Crippen molar-refractivity contribution in [1.29, 1.82) is 0 Å². The SMILES string of the molecule is Cc1nn(C)c(CSc2nnc(C)n2C)c1Br. The number of aryl methyl sites for hydroxylation is 3. The first kappa shape index (κ1) is 12.6. The van der Waals surface area contributed by atoms with Gasteiger partial charge in [-0.05, 0) is 29.8 Å². The van der Waals surface area contributed by atoms with E-state index in [1.165, 1.54) is 0 Å². The molecule has 2 heterocycles. The molecular weight excluding hydrogens is 302 g/mol. The van der Waals surface area contributed by atoms with Crippen LogP contribution < -0.4 is 0 Å². The van der Waals surface area contributed by atoms with E-state index in [0.717, 1.165) is 32.6 Å². The van der Waals surface area contributed by atoms with Crippen LogP contribution in [-0.4, -0.2) is 24.5 Å². The van der Waals surface area contributed by atoms with Crippen LogP contribution in [-0.2, 0) is 19.8 Å². The molecule has 7 heteroatoms. The molecular formula is C10H14BrN5S. The second-order valence-electron chi connectivity index (χ2n) is 3.85. The average Bonchev–Trinajstić information content (AvgIpc) is 2.71. The van der Waals surface area contributed by atoms with Crippen molar-refractivity contribution < 1.29 is 0 Å². The highest BCUT2D eigenvalue weighted by atomic mass is 79.9. The predicted molar refractivity (Wildman–Crippen MR) is 70.9 cm³/mol. The molecule has 0 saturated carbocycles. The summed E-state index contributed by atoms with van der Waals surface area (Å²) in [7, 11) is 3.93. The van der Waals surface area contributed by atoms with Gasteiger partial charge in [-0.3, -0.25) is 4.68 Å². The van der Waals surface area contributed by atoms with E-state index in [1.54, 1.807) is 11.8 Å². The van der Waals surface area contributed by atoms with E-state index in [4.69, 9.17) is 0 Å². The summed E-state index contributed by atoms with van der Waals surface area (Å²) in [5.74, 6) is 1.75. The molecule has 0 spiro atoms. The molecule has 0 unspecified atom stereocenters. The van der Waals surface area contributed by atoms with Crippen molar-refractivity contribution in [2.24, 2.45) is 14.1 Å². The van der Waals surface area contributed by atoms with Gasteiger partial charge in [-0.2, -0.15) is 5.10 Å². The monoisotopic (exact) mass is 315 g/mol. The summed E-state index contributed by atoms with van der Waals surface area (Å²) in [6.45, 7) is 3.94. The topological polar surface area (TPSA) is 48.5 Å². The average molecular weight is 316 g/mol. The van der Waals surface area contributed by atoms with E-state index in [9.17, 15) is 0 Å². The first-order chi connectivity index (χ1) is 8.00. The fraction of sp³-hybridized carbons (Fsp3) is 0.500. The van der Waals surface area contributed by atoms with Gasteiger partial charge in [0.25, 0.3) is 0 Å². The lowest BCUT2D eigenvalue weighted by atomic mass is 10.4. The molecule has 0 amide bonds. The zero-order valence-electron chi connectivity index (χ0n) is 10.2. The number of aromatic nitrogens is 5. The number of thioether (sulfide) groups is 1. The molecule has 0 radical (unpaired) electrons. The van der Waals surface area contributed by atoms with Crippen LogP contribution in [0.25, 0.3) is 0 Å². The first-order valence-corrected chi connectivity index (χ1v) is 6.95. The van der Waals surface area contributed by atoms with Crippen molar-refractivity contribution in [3.63, 3.8) is 0 Å². The Bertz CT molecular complexity index is 545. The summed E-state index contributed by atoms with van der Waals surface area (Å²) in [5, 5.41) is 13.5. The summed E-state index contributed by atoms with van der Waals surface area (Å²) in [6.07, 6.45) is 0. The molecule has 0 saturated heterocycles. The quantitative estimate of drug-likeness (QED) is 0.815. The van der Waals surface area contributed by atoms with E-state index in [0.29, 0.717) is 0 Å². The van der Waals surface area contributed by atoms with Crippen LogP contribution in [0.5, 0.6) is 0 Å². The van der Waals surface area contributed by atoms with Gasteiger partial charge in [0.2, 0.25) is 0 Å². The predicted octanol–water partition coefficient (Wildman–Crippen LogP) is 2.22. The van der Waals surface area contributed by atoms with Gasteiger partial charge < -0.3 is 4.57 Å². The highest BCUT2D eigenvalue weighted by molar-refractivity contribution is 9.10. The zero-order chi connectivity index (χ0) is 12.6. The molecule has 2 aromatic heterocycles. The summed E-state index contributed by atoms with van der Waals surface area (Å²) < 4.78 is 4.96. The number of nitrogens with zero attached hydrogens (tertiary/aromatic N) is 5. The van der Waals surface area contributed by atoms with E-state index < -0.39 is 0 Å². The van der Waals surface area contributed by atoms with E-state index in [2.05, 4.69) is 31.2 Å². The van der Waals surface area contributed by atoms with Crippen LogP contribution in [0.2, 0.25) is 0 Å². The Morgan fingerprint density at radius 1 is 1.24 bits per heavy atom. The van der Waals surface area contributed by atoms with Gasteiger partial charge >= 0.3 is 0 Å². The Morgan fingerprint density at radius 3 is 2.41 bits per heavy atom. The second-order valence-corrected chi connectivity index (χ2v) is 5.58. The summed E-state index contributed by atoms with van der Waals surface area (Å²) >= 11 is 5.22. The minimum Gasteiger partial charge on any atom is -0.309 e. The lowest BCUT2D eigenvalue weighted by Gasteiger charge is -2.03. The fourth-order valence-corrected chi connectivity index (χ4v) is 3.17. The molecule has 5 nitrogen and oxygen atoms in total. The van der Waals surface area contributed by atoms with Crippen LogP contribution >= 0.6 is 27.7 Å². The Balaban J connectivity index is 2.15. The lowest BCUT2D eigenvalue weighted by molar-refractivity contribution is 0.724. The Labute approximate surface area is 113 Å². The van der Waals surface area contributed by atoms with Crippen LogP contribution in [0.15, 0.2) is 9.63 Å². The van der Waals surface area contributed by atoms with Crippen molar-refractivity contribution >= 4 is 27.7 Å².